The van der Waals surface area contributed by atoms with Crippen molar-refractivity contribution in [1.29, 1.82) is 0 Å². The zero-order valence-corrected chi connectivity index (χ0v) is 15.4. The molecule has 1 aliphatic carbocycles. The van der Waals surface area contributed by atoms with Gasteiger partial charge in [-0.3, -0.25) is 0 Å². The van der Waals surface area contributed by atoms with Gasteiger partial charge >= 0.3 is 0 Å². The van der Waals surface area contributed by atoms with Crippen LogP contribution in [0.15, 0.2) is 27.6 Å². The Labute approximate surface area is 141 Å². The summed E-state index contributed by atoms with van der Waals surface area (Å²) in [6, 6.07) is 6.78. The Bertz CT molecular complexity index is 441. The Kier molecular flexibility index (Phi) is 7.58. The van der Waals surface area contributed by atoms with Crippen LogP contribution in [0.4, 0.5) is 0 Å². The highest BCUT2D eigenvalue weighted by atomic mass is 79.9. The normalized spacial score (nSPS) is 22.4. The molecule has 0 bridgehead atoms. The number of thioether (sulfide) groups is 1. The molecule has 1 fully saturated rings. The summed E-state index contributed by atoms with van der Waals surface area (Å²) in [6.45, 7) is 4.91. The molecule has 2 rings (SSSR count). The maximum absolute atomic E-state index is 5.04. The number of rotatable bonds is 7. The van der Waals surface area contributed by atoms with Crippen molar-refractivity contribution in [2.24, 2.45) is 5.92 Å². The molecule has 0 radical (unpaired) electrons. The van der Waals surface area contributed by atoms with Gasteiger partial charge in [0.15, 0.2) is 0 Å². The molecule has 118 valence electrons. The number of hydrogen-bond donors (Lipinski definition) is 1. The van der Waals surface area contributed by atoms with Gasteiger partial charge in [0.25, 0.3) is 0 Å². The van der Waals surface area contributed by atoms with E-state index in [1.54, 1.807) is 7.11 Å². The monoisotopic (exact) mass is 371 g/mol. The third kappa shape index (κ3) is 5.93. The molecule has 0 saturated heterocycles. The summed E-state index contributed by atoms with van der Waals surface area (Å²) < 4.78 is 6.25. The van der Waals surface area contributed by atoms with E-state index < -0.39 is 0 Å². The van der Waals surface area contributed by atoms with Crippen molar-refractivity contribution >= 4 is 27.7 Å². The number of halogens is 1. The number of ether oxygens (including phenoxy) is 1. The average Bonchev–Trinajstić information content (AvgIpc) is 2.45. The van der Waals surface area contributed by atoms with Crippen LogP contribution in [0.25, 0.3) is 0 Å². The van der Waals surface area contributed by atoms with Crippen LogP contribution in [0, 0.1) is 5.92 Å². The molecule has 21 heavy (non-hydrogen) atoms. The van der Waals surface area contributed by atoms with Crippen LogP contribution >= 0.6 is 27.7 Å². The molecule has 1 aliphatic rings. The van der Waals surface area contributed by atoms with Crippen LogP contribution in [-0.2, 0) is 11.3 Å². The van der Waals surface area contributed by atoms with E-state index in [1.807, 2.05) is 0 Å². The van der Waals surface area contributed by atoms with E-state index in [2.05, 4.69) is 58.1 Å². The first-order valence-corrected chi connectivity index (χ1v) is 9.51. The molecular formula is C17H26BrNOS. The summed E-state index contributed by atoms with van der Waals surface area (Å²) in [4.78, 5) is 1.39. The van der Waals surface area contributed by atoms with Crippen LogP contribution < -0.4 is 5.32 Å². The molecule has 1 N–H and O–H groups in total. The third-order valence-corrected chi connectivity index (χ3v) is 6.04. The van der Waals surface area contributed by atoms with Crippen molar-refractivity contribution in [2.45, 2.75) is 49.3 Å². The number of methoxy groups -OCH3 is 1. The molecule has 2 atom stereocenters. The zero-order chi connectivity index (χ0) is 15.1. The molecule has 2 unspecified atom stereocenters. The molecule has 1 saturated carbocycles. The molecule has 0 spiro atoms. The first-order valence-electron chi connectivity index (χ1n) is 7.83. The van der Waals surface area contributed by atoms with Crippen molar-refractivity contribution in [1.82, 2.24) is 5.32 Å². The molecule has 0 aromatic heterocycles. The second-order valence-corrected chi connectivity index (χ2v) is 8.16. The van der Waals surface area contributed by atoms with E-state index in [0.29, 0.717) is 0 Å². The smallest absolute Gasteiger partial charge is 0.0587 e. The van der Waals surface area contributed by atoms with Crippen LogP contribution in [0.5, 0.6) is 0 Å². The average molecular weight is 372 g/mol. The molecule has 2 nitrogen and oxygen atoms in total. The van der Waals surface area contributed by atoms with Crippen LogP contribution in [0.3, 0.4) is 0 Å². The maximum atomic E-state index is 5.04. The number of benzene rings is 1. The van der Waals surface area contributed by atoms with E-state index in [9.17, 15) is 0 Å². The molecule has 0 heterocycles. The summed E-state index contributed by atoms with van der Waals surface area (Å²) in [5.74, 6) is 0.893. The Morgan fingerprint density at radius 3 is 2.95 bits per heavy atom. The van der Waals surface area contributed by atoms with Crippen molar-refractivity contribution < 1.29 is 4.74 Å². The molecular weight excluding hydrogens is 346 g/mol. The van der Waals surface area contributed by atoms with Gasteiger partial charge in [-0.2, -0.15) is 0 Å². The topological polar surface area (TPSA) is 21.3 Å². The van der Waals surface area contributed by atoms with E-state index in [1.165, 1.54) is 40.6 Å². The van der Waals surface area contributed by atoms with Crippen molar-refractivity contribution in [3.63, 3.8) is 0 Å². The Morgan fingerprint density at radius 2 is 2.24 bits per heavy atom. The van der Waals surface area contributed by atoms with Crippen molar-refractivity contribution in [3.05, 3.63) is 28.2 Å². The summed E-state index contributed by atoms with van der Waals surface area (Å²) in [5, 5.41) is 4.19. The highest BCUT2D eigenvalue weighted by Crippen LogP contribution is 2.37. The van der Waals surface area contributed by atoms with Gasteiger partial charge < -0.3 is 10.1 Å². The van der Waals surface area contributed by atoms with Crippen molar-refractivity contribution in [2.75, 3.05) is 20.3 Å². The predicted molar refractivity (Wildman–Crippen MR) is 95.0 cm³/mol. The van der Waals surface area contributed by atoms with Crippen LogP contribution in [0.2, 0.25) is 0 Å². The minimum absolute atomic E-state index is 0.755. The van der Waals surface area contributed by atoms with E-state index >= 15 is 0 Å². The standard InChI is InChI=1S/C17H26BrNOS/c1-13-4-3-5-15(10-13)21-16-7-6-14(17(18)11-16)12-19-8-9-20-2/h6-7,11,13,15,19H,3-5,8-10,12H2,1-2H3. The Balaban J connectivity index is 1.86. The van der Waals surface area contributed by atoms with E-state index in [0.717, 1.165) is 30.9 Å². The molecule has 0 amide bonds. The number of nitrogens with one attached hydrogen (secondary N) is 1. The zero-order valence-electron chi connectivity index (χ0n) is 13.0. The quantitative estimate of drug-likeness (QED) is 0.691. The summed E-state index contributed by atoms with van der Waals surface area (Å²) in [7, 11) is 1.73. The summed E-state index contributed by atoms with van der Waals surface area (Å²) >= 11 is 5.76. The van der Waals surface area contributed by atoms with Gasteiger partial charge in [0, 0.05) is 34.8 Å². The number of hydrogen-bond acceptors (Lipinski definition) is 3. The minimum Gasteiger partial charge on any atom is -0.383 e. The van der Waals surface area contributed by atoms with Crippen LogP contribution in [0.1, 0.15) is 38.2 Å². The van der Waals surface area contributed by atoms with Gasteiger partial charge in [-0.15, -0.1) is 11.8 Å². The van der Waals surface area contributed by atoms with Gasteiger partial charge in [0.1, 0.15) is 0 Å². The van der Waals surface area contributed by atoms with Gasteiger partial charge in [0.2, 0.25) is 0 Å². The SMILES string of the molecule is COCCNCc1ccc(SC2CCCC(C)C2)cc1Br. The van der Waals surface area contributed by atoms with E-state index in [4.69, 9.17) is 4.74 Å². The Hall–Kier alpha value is -0.0300. The van der Waals surface area contributed by atoms with Gasteiger partial charge in [-0.05, 0) is 36.5 Å². The molecule has 4 heteroatoms. The highest BCUT2D eigenvalue weighted by molar-refractivity contribution is 9.10. The van der Waals surface area contributed by atoms with Gasteiger partial charge in [-0.25, -0.2) is 0 Å². The molecule has 0 aliphatic heterocycles. The first-order chi connectivity index (χ1) is 10.2. The van der Waals surface area contributed by atoms with Crippen LogP contribution in [-0.4, -0.2) is 25.5 Å². The predicted octanol–water partition coefficient (Wildman–Crippen LogP) is 4.86. The largest absolute Gasteiger partial charge is 0.383 e. The fraction of sp³-hybridized carbons (Fsp3) is 0.647. The Morgan fingerprint density at radius 1 is 1.38 bits per heavy atom. The van der Waals surface area contributed by atoms with Gasteiger partial charge in [-0.1, -0.05) is 41.8 Å². The first kappa shape index (κ1) is 17.3. The summed E-state index contributed by atoms with van der Waals surface area (Å²) in [5.41, 5.74) is 1.31. The maximum Gasteiger partial charge on any atom is 0.0587 e. The minimum atomic E-state index is 0.755. The highest BCUT2D eigenvalue weighted by Gasteiger charge is 2.19. The second kappa shape index (κ2) is 9.19. The fourth-order valence-electron chi connectivity index (χ4n) is 2.82. The lowest BCUT2D eigenvalue weighted by atomic mass is 9.91. The third-order valence-electron chi connectivity index (χ3n) is 4.01. The molecule has 1 aromatic carbocycles. The van der Waals surface area contributed by atoms with Gasteiger partial charge in [0.05, 0.1) is 6.61 Å². The van der Waals surface area contributed by atoms with E-state index in [-0.39, 0.29) is 0 Å². The fourth-order valence-corrected chi connectivity index (χ4v) is 4.92. The lowest BCUT2D eigenvalue weighted by molar-refractivity contribution is 0.199. The second-order valence-electron chi connectivity index (χ2n) is 5.93. The lowest BCUT2D eigenvalue weighted by Gasteiger charge is -2.26. The molecule has 1 aromatic rings. The van der Waals surface area contributed by atoms with Crippen molar-refractivity contribution in [3.8, 4) is 0 Å². The summed E-state index contributed by atoms with van der Waals surface area (Å²) in [6.07, 6.45) is 5.53. The lowest BCUT2D eigenvalue weighted by Crippen LogP contribution is -2.18.